The smallest absolute Gasteiger partial charge is 0.0342 e. The Balaban J connectivity index is 2.35. The van der Waals surface area contributed by atoms with Crippen LogP contribution in [0, 0.1) is 17.8 Å². The van der Waals surface area contributed by atoms with Gasteiger partial charge in [0.2, 0.25) is 0 Å². The molecule has 80 valence electrons. The predicted octanol–water partition coefficient (Wildman–Crippen LogP) is 3.56. The number of rotatable bonds is 1. The molecule has 0 bridgehead atoms. The van der Waals surface area contributed by atoms with Crippen molar-refractivity contribution in [2.45, 2.75) is 27.2 Å². The van der Waals surface area contributed by atoms with Gasteiger partial charge in [0, 0.05) is 12.4 Å². The quantitative estimate of drug-likeness (QED) is 0.677. The van der Waals surface area contributed by atoms with Crippen molar-refractivity contribution in [1.29, 1.82) is 0 Å². The van der Waals surface area contributed by atoms with Gasteiger partial charge in [-0.05, 0) is 41.4 Å². The predicted molar refractivity (Wildman–Crippen MR) is 64.5 cm³/mol. The molecular weight excluding hydrogens is 182 g/mol. The van der Waals surface area contributed by atoms with E-state index in [2.05, 4.69) is 44.0 Å². The molecule has 2 atom stereocenters. The average molecular weight is 201 g/mol. The summed E-state index contributed by atoms with van der Waals surface area (Å²) in [5.74, 6) is 2.16. The number of nitrogens with zero attached hydrogens (tertiary/aromatic N) is 1. The van der Waals surface area contributed by atoms with Crippen LogP contribution in [0.3, 0.4) is 0 Å². The molecule has 2 unspecified atom stereocenters. The largest absolute Gasteiger partial charge is 0.264 e. The first-order chi connectivity index (χ1) is 7.18. The lowest BCUT2D eigenvalue weighted by Crippen LogP contribution is -2.18. The van der Waals surface area contributed by atoms with Crippen LogP contribution >= 0.6 is 0 Å². The van der Waals surface area contributed by atoms with Crippen molar-refractivity contribution in [3.63, 3.8) is 0 Å². The van der Waals surface area contributed by atoms with Gasteiger partial charge in [-0.25, -0.2) is 0 Å². The molecular formula is C14H19N. The van der Waals surface area contributed by atoms with Gasteiger partial charge in [0.15, 0.2) is 0 Å². The highest BCUT2D eigenvalue weighted by molar-refractivity contribution is 5.54. The van der Waals surface area contributed by atoms with E-state index in [0.29, 0.717) is 5.92 Å². The van der Waals surface area contributed by atoms with Gasteiger partial charge in [-0.15, -0.1) is 0 Å². The maximum absolute atomic E-state index is 4.18. The Bertz CT molecular complexity index is 365. The molecule has 1 nitrogen and oxygen atoms in total. The Morgan fingerprint density at radius 2 is 2.20 bits per heavy atom. The number of allylic oxidation sites excluding steroid dienone is 1. The molecule has 0 amide bonds. The van der Waals surface area contributed by atoms with Gasteiger partial charge in [0.05, 0.1) is 0 Å². The average Bonchev–Trinajstić information content (AvgIpc) is 2.39. The number of fused-ring (bicyclic) bond motifs is 1. The summed E-state index contributed by atoms with van der Waals surface area (Å²) in [6, 6.07) is 2.16. The van der Waals surface area contributed by atoms with Crippen molar-refractivity contribution >= 4 is 6.08 Å². The Morgan fingerprint density at radius 3 is 2.93 bits per heavy atom. The van der Waals surface area contributed by atoms with Crippen molar-refractivity contribution in [1.82, 2.24) is 4.98 Å². The Hall–Kier alpha value is -1.11. The SMILES string of the molecule is CC(C)C1Cc2ccncc2C=CC1C. The number of hydrogen-bond acceptors (Lipinski definition) is 1. The van der Waals surface area contributed by atoms with Gasteiger partial charge in [-0.2, -0.15) is 0 Å². The van der Waals surface area contributed by atoms with E-state index in [4.69, 9.17) is 0 Å². The maximum atomic E-state index is 4.18. The zero-order valence-corrected chi connectivity index (χ0v) is 9.77. The van der Waals surface area contributed by atoms with Crippen LogP contribution in [0.15, 0.2) is 24.5 Å². The van der Waals surface area contributed by atoms with Crippen LogP contribution in [0.5, 0.6) is 0 Å². The fourth-order valence-corrected chi connectivity index (χ4v) is 2.45. The summed E-state index contributed by atoms with van der Waals surface area (Å²) in [4.78, 5) is 4.18. The Morgan fingerprint density at radius 1 is 1.40 bits per heavy atom. The number of pyridine rings is 1. The first-order valence-electron chi connectivity index (χ1n) is 5.79. The third-order valence-electron chi connectivity index (χ3n) is 3.51. The summed E-state index contributed by atoms with van der Waals surface area (Å²) in [7, 11) is 0. The van der Waals surface area contributed by atoms with Gasteiger partial charge in [0.25, 0.3) is 0 Å². The van der Waals surface area contributed by atoms with Gasteiger partial charge < -0.3 is 0 Å². The van der Waals surface area contributed by atoms with Crippen molar-refractivity contribution in [2.75, 3.05) is 0 Å². The van der Waals surface area contributed by atoms with Gasteiger partial charge in [-0.3, -0.25) is 4.98 Å². The van der Waals surface area contributed by atoms with Crippen molar-refractivity contribution in [3.05, 3.63) is 35.7 Å². The van der Waals surface area contributed by atoms with E-state index in [1.165, 1.54) is 17.5 Å². The lowest BCUT2D eigenvalue weighted by molar-refractivity contribution is 0.312. The van der Waals surface area contributed by atoms with E-state index in [0.717, 1.165) is 11.8 Å². The van der Waals surface area contributed by atoms with Crippen LogP contribution < -0.4 is 0 Å². The lowest BCUT2D eigenvalue weighted by atomic mass is 9.81. The normalized spacial score (nSPS) is 25.1. The molecule has 0 fully saturated rings. The molecule has 15 heavy (non-hydrogen) atoms. The van der Waals surface area contributed by atoms with Gasteiger partial charge in [-0.1, -0.05) is 32.9 Å². The topological polar surface area (TPSA) is 12.9 Å². The minimum atomic E-state index is 0.664. The molecule has 0 aliphatic heterocycles. The van der Waals surface area contributed by atoms with Crippen LogP contribution in [0.1, 0.15) is 31.9 Å². The first kappa shape index (κ1) is 10.4. The van der Waals surface area contributed by atoms with E-state index in [9.17, 15) is 0 Å². The summed E-state index contributed by atoms with van der Waals surface area (Å²) in [5, 5.41) is 0. The molecule has 0 saturated carbocycles. The van der Waals surface area contributed by atoms with Crippen molar-refractivity contribution < 1.29 is 0 Å². The standard InChI is InChI=1S/C14H19N/c1-10(2)14-8-12-6-7-15-9-13(12)5-4-11(14)3/h4-7,9-11,14H,8H2,1-3H3. The summed E-state index contributed by atoms with van der Waals surface area (Å²) < 4.78 is 0. The van der Waals surface area contributed by atoms with Gasteiger partial charge in [0.1, 0.15) is 0 Å². The Kier molecular flexibility index (Phi) is 2.90. The zero-order valence-electron chi connectivity index (χ0n) is 9.77. The number of aromatic nitrogens is 1. The molecule has 0 spiro atoms. The summed E-state index contributed by atoms with van der Waals surface area (Å²) >= 11 is 0. The third kappa shape index (κ3) is 2.11. The number of hydrogen-bond donors (Lipinski definition) is 0. The molecule has 1 heterocycles. The molecule has 1 aliphatic carbocycles. The van der Waals surface area contributed by atoms with Crippen LogP contribution in [-0.2, 0) is 6.42 Å². The molecule has 2 rings (SSSR count). The highest BCUT2D eigenvalue weighted by Gasteiger charge is 2.22. The maximum Gasteiger partial charge on any atom is 0.0342 e. The van der Waals surface area contributed by atoms with Crippen LogP contribution in [0.25, 0.3) is 6.08 Å². The summed E-state index contributed by atoms with van der Waals surface area (Å²) in [6.45, 7) is 6.96. The molecule has 0 saturated heterocycles. The van der Waals surface area contributed by atoms with Crippen LogP contribution in [0.2, 0.25) is 0 Å². The monoisotopic (exact) mass is 201 g/mol. The Labute approximate surface area is 92.2 Å². The van der Waals surface area contributed by atoms with E-state index < -0.39 is 0 Å². The van der Waals surface area contributed by atoms with E-state index in [1.807, 2.05) is 12.4 Å². The highest BCUT2D eigenvalue weighted by Crippen LogP contribution is 2.30. The molecule has 0 N–H and O–H groups in total. The van der Waals surface area contributed by atoms with E-state index in [1.54, 1.807) is 0 Å². The summed E-state index contributed by atoms with van der Waals surface area (Å²) in [6.07, 6.45) is 9.62. The fourth-order valence-electron chi connectivity index (χ4n) is 2.45. The fraction of sp³-hybridized carbons (Fsp3) is 0.500. The molecule has 1 aromatic heterocycles. The second kappa shape index (κ2) is 4.18. The molecule has 0 aromatic carbocycles. The van der Waals surface area contributed by atoms with E-state index in [-0.39, 0.29) is 0 Å². The van der Waals surface area contributed by atoms with Crippen LogP contribution in [0.4, 0.5) is 0 Å². The summed E-state index contributed by atoms with van der Waals surface area (Å²) in [5.41, 5.74) is 2.75. The lowest BCUT2D eigenvalue weighted by Gasteiger charge is -2.24. The third-order valence-corrected chi connectivity index (χ3v) is 3.51. The molecule has 0 radical (unpaired) electrons. The first-order valence-corrected chi connectivity index (χ1v) is 5.79. The van der Waals surface area contributed by atoms with Crippen molar-refractivity contribution in [2.24, 2.45) is 17.8 Å². The van der Waals surface area contributed by atoms with E-state index >= 15 is 0 Å². The molecule has 1 heteroatoms. The molecule has 1 aromatic rings. The minimum Gasteiger partial charge on any atom is -0.264 e. The molecule has 1 aliphatic rings. The highest BCUT2D eigenvalue weighted by atomic mass is 14.6. The minimum absolute atomic E-state index is 0.664. The second-order valence-electron chi connectivity index (χ2n) is 4.90. The van der Waals surface area contributed by atoms with Gasteiger partial charge >= 0.3 is 0 Å². The zero-order chi connectivity index (χ0) is 10.8. The van der Waals surface area contributed by atoms with Crippen molar-refractivity contribution in [3.8, 4) is 0 Å². The van der Waals surface area contributed by atoms with Crippen LogP contribution in [-0.4, -0.2) is 4.98 Å². The second-order valence-corrected chi connectivity index (χ2v) is 4.90.